The number of carbonyl (C=O) groups excluding carboxylic acids is 1. The highest BCUT2D eigenvalue weighted by Gasteiger charge is 2.27. The van der Waals surface area contributed by atoms with Gasteiger partial charge in [0.05, 0.1) is 0 Å². The van der Waals surface area contributed by atoms with Gasteiger partial charge in [0.1, 0.15) is 5.69 Å². The molecule has 1 fully saturated rings. The SMILES string of the molecule is CC1CCN(C(=O)c2cc(Cl)ccn2)C(C)C1. The van der Waals surface area contributed by atoms with Crippen molar-refractivity contribution in [2.75, 3.05) is 6.54 Å². The summed E-state index contributed by atoms with van der Waals surface area (Å²) in [5, 5.41) is 0.557. The molecule has 1 amide bonds. The van der Waals surface area contributed by atoms with E-state index in [4.69, 9.17) is 11.6 Å². The number of pyridine rings is 1. The average molecular weight is 253 g/mol. The van der Waals surface area contributed by atoms with E-state index in [1.807, 2.05) is 4.90 Å². The molecule has 2 unspecified atom stereocenters. The van der Waals surface area contributed by atoms with Crippen LogP contribution in [0.4, 0.5) is 0 Å². The molecule has 3 nitrogen and oxygen atoms in total. The van der Waals surface area contributed by atoms with Crippen LogP contribution in [0.5, 0.6) is 0 Å². The molecule has 1 aliphatic heterocycles. The van der Waals surface area contributed by atoms with E-state index in [9.17, 15) is 4.79 Å². The molecule has 0 saturated carbocycles. The van der Waals surface area contributed by atoms with Crippen molar-refractivity contribution >= 4 is 17.5 Å². The summed E-state index contributed by atoms with van der Waals surface area (Å²) in [4.78, 5) is 18.3. The van der Waals surface area contributed by atoms with Crippen LogP contribution < -0.4 is 0 Å². The summed E-state index contributed by atoms with van der Waals surface area (Å²) in [7, 11) is 0. The van der Waals surface area contributed by atoms with Gasteiger partial charge in [0.25, 0.3) is 5.91 Å². The Labute approximate surface area is 107 Å². The Bertz CT molecular complexity index is 422. The molecular weight excluding hydrogens is 236 g/mol. The topological polar surface area (TPSA) is 33.2 Å². The highest BCUT2D eigenvalue weighted by atomic mass is 35.5. The summed E-state index contributed by atoms with van der Waals surface area (Å²) in [6, 6.07) is 3.60. The summed E-state index contributed by atoms with van der Waals surface area (Å²) in [5.41, 5.74) is 0.443. The van der Waals surface area contributed by atoms with Crippen molar-refractivity contribution < 1.29 is 4.79 Å². The van der Waals surface area contributed by atoms with Gasteiger partial charge in [-0.15, -0.1) is 0 Å². The van der Waals surface area contributed by atoms with E-state index in [-0.39, 0.29) is 11.9 Å². The highest BCUT2D eigenvalue weighted by molar-refractivity contribution is 6.30. The van der Waals surface area contributed by atoms with Crippen LogP contribution in [0.3, 0.4) is 0 Å². The molecule has 92 valence electrons. The maximum atomic E-state index is 12.3. The molecule has 0 spiro atoms. The lowest BCUT2D eigenvalue weighted by Crippen LogP contribution is -2.44. The Morgan fingerprint density at radius 3 is 2.94 bits per heavy atom. The fraction of sp³-hybridized carbons (Fsp3) is 0.538. The third kappa shape index (κ3) is 2.78. The second-order valence-electron chi connectivity index (χ2n) is 4.84. The Morgan fingerprint density at radius 1 is 1.53 bits per heavy atom. The molecule has 2 atom stereocenters. The van der Waals surface area contributed by atoms with Crippen molar-refractivity contribution in [2.45, 2.75) is 32.7 Å². The summed E-state index contributed by atoms with van der Waals surface area (Å²) in [5.74, 6) is 0.688. The van der Waals surface area contributed by atoms with Crippen LogP contribution in [0.1, 0.15) is 37.2 Å². The molecule has 1 aromatic heterocycles. The zero-order valence-electron chi connectivity index (χ0n) is 10.2. The smallest absolute Gasteiger partial charge is 0.272 e. The number of likely N-dealkylation sites (tertiary alicyclic amines) is 1. The molecular formula is C13H17ClN2O. The molecule has 4 heteroatoms. The van der Waals surface area contributed by atoms with E-state index >= 15 is 0 Å². The molecule has 2 heterocycles. The van der Waals surface area contributed by atoms with Gasteiger partial charge in [-0.1, -0.05) is 18.5 Å². The number of piperidine rings is 1. The minimum absolute atomic E-state index is 0.00750. The third-order valence-corrected chi connectivity index (χ3v) is 3.58. The third-order valence-electron chi connectivity index (χ3n) is 3.34. The minimum Gasteiger partial charge on any atom is -0.335 e. The predicted octanol–water partition coefficient (Wildman–Crippen LogP) is 3.00. The summed E-state index contributed by atoms with van der Waals surface area (Å²) >= 11 is 5.88. The number of hydrogen-bond donors (Lipinski definition) is 0. The van der Waals surface area contributed by atoms with E-state index in [1.165, 1.54) is 0 Å². The second-order valence-corrected chi connectivity index (χ2v) is 5.27. The highest BCUT2D eigenvalue weighted by Crippen LogP contribution is 2.23. The number of carbonyl (C=O) groups is 1. The number of aromatic nitrogens is 1. The van der Waals surface area contributed by atoms with E-state index in [2.05, 4.69) is 18.8 Å². The molecule has 17 heavy (non-hydrogen) atoms. The summed E-state index contributed by atoms with van der Waals surface area (Å²) in [6.45, 7) is 5.14. The van der Waals surface area contributed by atoms with Gasteiger partial charge in [0.15, 0.2) is 0 Å². The van der Waals surface area contributed by atoms with Gasteiger partial charge in [0.2, 0.25) is 0 Å². The van der Waals surface area contributed by atoms with Gasteiger partial charge in [0, 0.05) is 23.8 Å². The van der Waals surface area contributed by atoms with Gasteiger partial charge < -0.3 is 4.90 Å². The van der Waals surface area contributed by atoms with Crippen LogP contribution in [0.15, 0.2) is 18.3 Å². The molecule has 0 aliphatic carbocycles. The molecule has 1 aliphatic rings. The lowest BCUT2D eigenvalue weighted by molar-refractivity contribution is 0.0582. The Kier molecular flexibility index (Phi) is 3.67. The van der Waals surface area contributed by atoms with Crippen molar-refractivity contribution in [1.82, 2.24) is 9.88 Å². The lowest BCUT2D eigenvalue weighted by atomic mass is 9.93. The zero-order chi connectivity index (χ0) is 12.4. The predicted molar refractivity (Wildman–Crippen MR) is 68.1 cm³/mol. The largest absolute Gasteiger partial charge is 0.335 e. The lowest BCUT2D eigenvalue weighted by Gasteiger charge is -2.36. The van der Waals surface area contributed by atoms with Crippen LogP contribution in [-0.2, 0) is 0 Å². The first kappa shape index (κ1) is 12.4. The van der Waals surface area contributed by atoms with Crippen LogP contribution in [0, 0.1) is 5.92 Å². The van der Waals surface area contributed by atoms with Crippen molar-refractivity contribution in [3.63, 3.8) is 0 Å². The number of nitrogens with zero attached hydrogens (tertiary/aromatic N) is 2. The van der Waals surface area contributed by atoms with Crippen molar-refractivity contribution in [3.05, 3.63) is 29.0 Å². The molecule has 1 aromatic rings. The fourth-order valence-electron chi connectivity index (χ4n) is 2.38. The quantitative estimate of drug-likeness (QED) is 0.770. The van der Waals surface area contributed by atoms with Crippen molar-refractivity contribution in [2.24, 2.45) is 5.92 Å². The van der Waals surface area contributed by atoms with Gasteiger partial charge in [-0.3, -0.25) is 9.78 Å². The van der Waals surface area contributed by atoms with Gasteiger partial charge in [-0.2, -0.15) is 0 Å². The minimum atomic E-state index is -0.00750. The number of rotatable bonds is 1. The van der Waals surface area contributed by atoms with Crippen LogP contribution in [-0.4, -0.2) is 28.4 Å². The first-order chi connectivity index (χ1) is 8.08. The maximum Gasteiger partial charge on any atom is 0.272 e. The molecule has 2 rings (SSSR count). The monoisotopic (exact) mass is 252 g/mol. The molecule has 0 radical (unpaired) electrons. The van der Waals surface area contributed by atoms with Crippen LogP contribution in [0.25, 0.3) is 0 Å². The van der Waals surface area contributed by atoms with Crippen LogP contribution in [0.2, 0.25) is 5.02 Å². The van der Waals surface area contributed by atoms with E-state index in [0.717, 1.165) is 19.4 Å². The first-order valence-corrected chi connectivity index (χ1v) is 6.38. The standard InChI is InChI=1S/C13H17ClN2O/c1-9-4-6-16(10(2)7-9)13(17)12-8-11(14)3-5-15-12/h3,5,8-10H,4,6-7H2,1-2H3. The summed E-state index contributed by atoms with van der Waals surface area (Å²) < 4.78 is 0. The van der Waals surface area contributed by atoms with Crippen molar-refractivity contribution in [3.8, 4) is 0 Å². The Balaban J connectivity index is 2.15. The maximum absolute atomic E-state index is 12.3. The Hall–Kier alpha value is -1.09. The van der Waals surface area contributed by atoms with Gasteiger partial charge >= 0.3 is 0 Å². The van der Waals surface area contributed by atoms with Gasteiger partial charge in [-0.25, -0.2) is 0 Å². The number of hydrogen-bond acceptors (Lipinski definition) is 2. The Morgan fingerprint density at radius 2 is 2.29 bits per heavy atom. The zero-order valence-corrected chi connectivity index (χ0v) is 10.9. The molecule has 0 N–H and O–H groups in total. The number of amides is 1. The first-order valence-electron chi connectivity index (χ1n) is 6.00. The van der Waals surface area contributed by atoms with Gasteiger partial charge in [-0.05, 0) is 37.8 Å². The van der Waals surface area contributed by atoms with Crippen molar-refractivity contribution in [1.29, 1.82) is 0 Å². The molecule has 1 saturated heterocycles. The fourth-order valence-corrected chi connectivity index (χ4v) is 2.54. The second kappa shape index (κ2) is 5.05. The van der Waals surface area contributed by atoms with Crippen LogP contribution >= 0.6 is 11.6 Å². The normalized spacial score (nSPS) is 24.8. The van der Waals surface area contributed by atoms with E-state index in [0.29, 0.717) is 16.6 Å². The summed E-state index contributed by atoms with van der Waals surface area (Å²) in [6.07, 6.45) is 3.70. The molecule has 0 aromatic carbocycles. The van der Waals surface area contributed by atoms with E-state index < -0.39 is 0 Å². The average Bonchev–Trinajstić information content (AvgIpc) is 2.28. The van der Waals surface area contributed by atoms with E-state index in [1.54, 1.807) is 18.3 Å². The number of halogens is 1. The molecule has 0 bridgehead atoms.